The summed E-state index contributed by atoms with van der Waals surface area (Å²) in [6.45, 7) is 0.701. The number of carbonyl (C=O) groups is 1. The van der Waals surface area contributed by atoms with Crippen LogP contribution in [-0.2, 0) is 32.2 Å². The molecule has 0 atom stereocenters. The van der Waals surface area contributed by atoms with Gasteiger partial charge in [0.05, 0.1) is 21.0 Å². The summed E-state index contributed by atoms with van der Waals surface area (Å²) >= 11 is 0. The van der Waals surface area contributed by atoms with Gasteiger partial charge in [-0.25, -0.2) is 30.0 Å². The van der Waals surface area contributed by atoms with Gasteiger partial charge in [-0.3, -0.25) is 9.10 Å². The number of aryl methyl sites for hydroxylation is 1. The van der Waals surface area contributed by atoms with Gasteiger partial charge in [-0.1, -0.05) is 18.2 Å². The van der Waals surface area contributed by atoms with Gasteiger partial charge in [-0.15, -0.1) is 0 Å². The molecule has 0 N–H and O–H groups in total. The molecule has 1 heterocycles. The summed E-state index contributed by atoms with van der Waals surface area (Å²) in [6.07, 6.45) is 2.10. The fourth-order valence-corrected chi connectivity index (χ4v) is 6.53. The average Bonchev–Trinajstić information content (AvgIpc) is 2.86. The van der Waals surface area contributed by atoms with E-state index in [1.165, 1.54) is 37.4 Å². The second-order valence-corrected chi connectivity index (χ2v) is 13.0. The summed E-state index contributed by atoms with van der Waals surface area (Å²) in [6, 6.07) is 12.5. The van der Waals surface area contributed by atoms with Crippen molar-refractivity contribution in [3.63, 3.8) is 0 Å². The fourth-order valence-electron chi connectivity index (χ4n) is 4.37. The molecule has 12 heteroatoms. The molecule has 3 aromatic rings. The van der Waals surface area contributed by atoms with E-state index in [0.717, 1.165) is 33.7 Å². The second-order valence-electron chi connectivity index (χ2n) is 9.15. The van der Waals surface area contributed by atoms with Crippen LogP contribution in [0.4, 0.5) is 24.5 Å². The van der Waals surface area contributed by atoms with Crippen molar-refractivity contribution >= 4 is 37.1 Å². The number of sulfonamides is 1. The van der Waals surface area contributed by atoms with Crippen LogP contribution in [0.1, 0.15) is 34.8 Å². The lowest BCUT2D eigenvalue weighted by Gasteiger charge is -2.32. The number of nitrogens with zero attached hydrogens (tertiary/aromatic N) is 2. The van der Waals surface area contributed by atoms with Gasteiger partial charge >= 0.3 is 0 Å². The average molecular weight is 567 g/mol. The van der Waals surface area contributed by atoms with Gasteiger partial charge in [-0.05, 0) is 60.9 Å². The molecule has 0 radical (unpaired) electrons. The quantitative estimate of drug-likeness (QED) is 0.429. The number of hydrogen-bond acceptors (Lipinski definition) is 5. The minimum atomic E-state index is -4.11. The van der Waals surface area contributed by atoms with Gasteiger partial charge in [0.15, 0.2) is 9.84 Å². The number of amides is 1. The van der Waals surface area contributed by atoms with Crippen molar-refractivity contribution in [1.82, 2.24) is 0 Å². The largest absolute Gasteiger partial charge is 0.311 e. The number of carbonyl (C=O) groups excluding carboxylic acids is 1. The number of halogens is 3. The number of hydrogen-bond donors (Lipinski definition) is 0. The zero-order valence-corrected chi connectivity index (χ0v) is 22.4. The molecular weight excluding hydrogens is 541 g/mol. The number of rotatable bonds is 6. The normalized spacial score (nSPS) is 14.2. The number of fused-ring (bicyclic) bond motifs is 1. The van der Waals surface area contributed by atoms with E-state index in [4.69, 9.17) is 0 Å². The van der Waals surface area contributed by atoms with Gasteiger partial charge < -0.3 is 4.90 Å². The lowest BCUT2D eigenvalue weighted by Crippen LogP contribution is -2.36. The van der Waals surface area contributed by atoms with Crippen LogP contribution >= 0.6 is 0 Å². The topological polar surface area (TPSA) is 91.8 Å². The van der Waals surface area contributed by atoms with Crippen molar-refractivity contribution in [2.45, 2.75) is 35.5 Å². The maximum Gasteiger partial charge on any atom is 0.271 e. The predicted molar refractivity (Wildman–Crippen MR) is 138 cm³/mol. The van der Waals surface area contributed by atoms with Crippen molar-refractivity contribution in [2.75, 3.05) is 29.1 Å². The molecule has 3 aromatic carbocycles. The zero-order valence-electron chi connectivity index (χ0n) is 20.8. The molecule has 1 amide bonds. The van der Waals surface area contributed by atoms with Crippen molar-refractivity contribution in [2.24, 2.45) is 0 Å². The molecule has 0 spiro atoms. The molecule has 0 bridgehead atoms. The number of benzene rings is 3. The van der Waals surface area contributed by atoms with Gasteiger partial charge in [0.2, 0.25) is 0 Å². The molecule has 0 saturated heterocycles. The van der Waals surface area contributed by atoms with Crippen LogP contribution in [0.2, 0.25) is 0 Å². The lowest BCUT2D eigenvalue weighted by atomic mass is 10.00. The first kappa shape index (κ1) is 27.6. The Hall–Kier alpha value is -3.38. The van der Waals surface area contributed by atoms with Crippen molar-refractivity contribution in [3.05, 3.63) is 83.2 Å². The molecule has 0 fully saturated rings. The highest BCUT2D eigenvalue weighted by atomic mass is 32.2. The van der Waals surface area contributed by atoms with E-state index in [-0.39, 0.29) is 27.7 Å². The van der Waals surface area contributed by atoms with E-state index >= 15 is 0 Å². The van der Waals surface area contributed by atoms with E-state index in [1.54, 1.807) is 12.1 Å². The predicted octanol–water partition coefficient (Wildman–Crippen LogP) is 4.76. The molecule has 0 saturated carbocycles. The highest BCUT2D eigenvalue weighted by Crippen LogP contribution is 2.37. The van der Waals surface area contributed by atoms with Gasteiger partial charge in [0.1, 0.15) is 5.82 Å². The van der Waals surface area contributed by atoms with Crippen molar-refractivity contribution in [3.8, 4) is 0 Å². The van der Waals surface area contributed by atoms with Crippen LogP contribution < -0.4 is 9.21 Å². The fraction of sp³-hybridized carbons (Fsp3) is 0.269. The molecule has 0 unspecified atom stereocenters. The van der Waals surface area contributed by atoms with Gasteiger partial charge in [0.25, 0.3) is 21.9 Å². The maximum absolute atomic E-state index is 14.6. The van der Waals surface area contributed by atoms with E-state index in [2.05, 4.69) is 0 Å². The summed E-state index contributed by atoms with van der Waals surface area (Å²) in [5.41, 5.74) is -0.374. The third-order valence-electron chi connectivity index (χ3n) is 6.38. The van der Waals surface area contributed by atoms with Crippen LogP contribution in [0.5, 0.6) is 0 Å². The Labute approximate surface area is 219 Å². The third-order valence-corrected chi connectivity index (χ3v) is 9.33. The van der Waals surface area contributed by atoms with Gasteiger partial charge in [0, 0.05) is 38.0 Å². The summed E-state index contributed by atoms with van der Waals surface area (Å²) in [5.74, 6) is -5.58. The van der Waals surface area contributed by atoms with Crippen LogP contribution in [-0.4, -0.2) is 42.6 Å². The van der Waals surface area contributed by atoms with Crippen LogP contribution in [0.25, 0.3) is 0 Å². The Morgan fingerprint density at radius 1 is 0.974 bits per heavy atom. The number of anilines is 2. The monoisotopic (exact) mass is 566 g/mol. The Morgan fingerprint density at radius 3 is 2.21 bits per heavy atom. The highest BCUT2D eigenvalue weighted by molar-refractivity contribution is 7.93. The molecule has 0 aliphatic carbocycles. The number of sulfone groups is 1. The second kappa shape index (κ2) is 9.73. The first-order valence-corrected chi connectivity index (χ1v) is 14.9. The Bertz CT molecular complexity index is 1620. The minimum absolute atomic E-state index is 0.0249. The molecular formula is C26H25F3N2O5S2. The zero-order chi connectivity index (χ0) is 28.0. The van der Waals surface area contributed by atoms with Crippen LogP contribution in [0.15, 0.2) is 70.5 Å². The third kappa shape index (κ3) is 5.14. The van der Waals surface area contributed by atoms with Crippen molar-refractivity contribution < 1.29 is 34.8 Å². The summed E-state index contributed by atoms with van der Waals surface area (Å²) in [4.78, 5) is 14.0. The van der Waals surface area contributed by atoms with E-state index < -0.39 is 48.6 Å². The summed E-state index contributed by atoms with van der Waals surface area (Å²) in [7, 11) is -6.34. The molecule has 4 rings (SSSR count). The van der Waals surface area contributed by atoms with E-state index in [9.17, 15) is 34.8 Å². The van der Waals surface area contributed by atoms with Gasteiger partial charge in [-0.2, -0.15) is 0 Å². The molecule has 38 heavy (non-hydrogen) atoms. The molecule has 1 aliphatic rings. The smallest absolute Gasteiger partial charge is 0.271 e. The maximum atomic E-state index is 14.6. The molecule has 0 aromatic heterocycles. The highest BCUT2D eigenvalue weighted by Gasteiger charge is 2.34. The summed E-state index contributed by atoms with van der Waals surface area (Å²) < 4.78 is 94.6. The molecule has 7 nitrogen and oxygen atoms in total. The van der Waals surface area contributed by atoms with Crippen molar-refractivity contribution in [1.29, 1.82) is 0 Å². The molecule has 1 aliphatic heterocycles. The number of alkyl halides is 2. The van der Waals surface area contributed by atoms with Crippen LogP contribution in [0.3, 0.4) is 0 Å². The SMILES string of the molecule is CN(C(=O)c1c(F)cccc1C(C)(F)F)c1ccc2c(c1)N(S(=O)(=O)c1ccc(S(C)(=O)=O)cc1)CCC2. The minimum Gasteiger partial charge on any atom is -0.311 e. The first-order chi connectivity index (χ1) is 17.6. The van der Waals surface area contributed by atoms with E-state index in [1.807, 2.05) is 0 Å². The first-order valence-electron chi connectivity index (χ1n) is 11.5. The Kier molecular flexibility index (Phi) is 7.08. The lowest BCUT2D eigenvalue weighted by molar-refractivity contribution is 0.0160. The molecule has 202 valence electrons. The van der Waals surface area contributed by atoms with E-state index in [0.29, 0.717) is 25.3 Å². The standard InChI is InChI=1S/C26H25F3N2O5S2/c1-26(28,29)21-7-4-8-22(27)24(21)25(32)30(2)18-10-9-17-6-5-15-31(23(17)16-18)38(35,36)20-13-11-19(12-14-20)37(3,33)34/h4,7-14,16H,5-6,15H2,1-3H3. The Balaban J connectivity index is 1.73. The summed E-state index contributed by atoms with van der Waals surface area (Å²) in [5, 5.41) is 0. The van der Waals surface area contributed by atoms with Crippen LogP contribution in [0, 0.1) is 5.82 Å². The Morgan fingerprint density at radius 2 is 1.61 bits per heavy atom.